The van der Waals surface area contributed by atoms with Crippen LogP contribution in [0, 0.1) is 0 Å². The molecule has 5 heteroatoms. The Morgan fingerprint density at radius 2 is 0.985 bits per heavy atom. The predicted molar refractivity (Wildman–Crippen MR) is 275 cm³/mol. The lowest BCUT2D eigenvalue weighted by molar-refractivity contribution is 0.649. The molecule has 2 aromatic heterocycles. The number of amidine groups is 2. The van der Waals surface area contributed by atoms with Crippen molar-refractivity contribution in [3.63, 3.8) is 0 Å². The second-order valence-electron chi connectivity index (χ2n) is 17.3. The SMILES string of the molecule is c1ccc2cc3c(cc2c1)c1ccccc1n3-c1ccc2c(c1)oc1c(C3N=C(c4ccc(-c5cccc6ccccc56)cc4)NC(c4cccc5ccccc45)=N3)cc3ccccc3c12. The van der Waals surface area contributed by atoms with Gasteiger partial charge in [-0.05, 0) is 90.6 Å². The largest absolute Gasteiger partial charge is 0.456 e. The molecule has 66 heavy (non-hydrogen) atoms. The molecule has 0 radical (unpaired) electrons. The molecule has 1 atom stereocenters. The average Bonchev–Trinajstić information content (AvgIpc) is 3.93. The smallest absolute Gasteiger partial charge is 0.173 e. The Labute approximate surface area is 379 Å². The number of nitrogens with zero attached hydrogens (tertiary/aromatic N) is 3. The highest BCUT2D eigenvalue weighted by Crippen LogP contribution is 2.43. The van der Waals surface area contributed by atoms with Gasteiger partial charge in [0.2, 0.25) is 0 Å². The van der Waals surface area contributed by atoms with E-state index in [-0.39, 0.29) is 0 Å². The van der Waals surface area contributed by atoms with Crippen molar-refractivity contribution in [2.24, 2.45) is 9.98 Å². The number of aromatic nitrogens is 1. The summed E-state index contributed by atoms with van der Waals surface area (Å²) in [5.74, 6) is 1.51. The highest BCUT2D eigenvalue weighted by molar-refractivity contribution is 6.22. The molecule has 3 heterocycles. The molecule has 0 fully saturated rings. The van der Waals surface area contributed by atoms with Crippen molar-refractivity contribution in [2.75, 3.05) is 0 Å². The third-order valence-corrected chi connectivity index (χ3v) is 13.6. The molecule has 5 nitrogen and oxygen atoms in total. The van der Waals surface area contributed by atoms with Crippen LogP contribution in [0.25, 0.3) is 104 Å². The van der Waals surface area contributed by atoms with Gasteiger partial charge in [0.15, 0.2) is 6.17 Å². The summed E-state index contributed by atoms with van der Waals surface area (Å²) in [6.07, 6.45) is -0.606. The number of fused-ring (bicyclic) bond motifs is 11. The van der Waals surface area contributed by atoms with E-state index in [1.807, 2.05) is 0 Å². The van der Waals surface area contributed by atoms with Crippen molar-refractivity contribution in [1.29, 1.82) is 0 Å². The fourth-order valence-corrected chi connectivity index (χ4v) is 10.5. The molecule has 0 spiro atoms. The first-order valence-electron chi connectivity index (χ1n) is 22.5. The van der Waals surface area contributed by atoms with Gasteiger partial charge in [-0.1, -0.05) is 176 Å². The van der Waals surface area contributed by atoms with Crippen LogP contribution in [0.3, 0.4) is 0 Å². The summed E-state index contributed by atoms with van der Waals surface area (Å²) in [7, 11) is 0. The highest BCUT2D eigenvalue weighted by Gasteiger charge is 2.27. The van der Waals surface area contributed by atoms with Crippen molar-refractivity contribution in [3.8, 4) is 16.8 Å². The molecular formula is C61H38N4O. The molecule has 0 saturated carbocycles. The summed E-state index contributed by atoms with van der Waals surface area (Å²) in [6.45, 7) is 0. The Balaban J connectivity index is 0.967. The van der Waals surface area contributed by atoms with E-state index in [0.29, 0.717) is 0 Å². The van der Waals surface area contributed by atoms with Crippen LogP contribution in [0.5, 0.6) is 0 Å². The second kappa shape index (κ2) is 14.4. The lowest BCUT2D eigenvalue weighted by atomic mass is 9.97. The van der Waals surface area contributed by atoms with Gasteiger partial charge in [0.05, 0.1) is 11.0 Å². The summed E-state index contributed by atoms with van der Waals surface area (Å²) in [6, 6.07) is 78.1. The van der Waals surface area contributed by atoms with Crippen LogP contribution >= 0.6 is 0 Å². The van der Waals surface area contributed by atoms with E-state index in [1.165, 1.54) is 37.9 Å². The second-order valence-corrected chi connectivity index (χ2v) is 17.3. The van der Waals surface area contributed by atoms with E-state index >= 15 is 0 Å². The van der Waals surface area contributed by atoms with Crippen LogP contribution in [0.1, 0.15) is 22.9 Å². The minimum Gasteiger partial charge on any atom is -0.456 e. The first-order chi connectivity index (χ1) is 32.7. The zero-order valence-corrected chi connectivity index (χ0v) is 35.6. The van der Waals surface area contributed by atoms with Crippen LogP contribution < -0.4 is 5.32 Å². The van der Waals surface area contributed by atoms with E-state index in [2.05, 4.69) is 228 Å². The number of nitrogens with one attached hydrogen (secondary N) is 1. The molecule has 0 saturated heterocycles. The third kappa shape index (κ3) is 5.66. The molecule has 0 aliphatic carbocycles. The maximum absolute atomic E-state index is 7.16. The molecule has 1 N–H and O–H groups in total. The Morgan fingerprint density at radius 3 is 1.76 bits per heavy atom. The topological polar surface area (TPSA) is 54.8 Å². The molecule has 0 bridgehead atoms. The van der Waals surface area contributed by atoms with Crippen molar-refractivity contribution in [2.45, 2.75) is 6.17 Å². The number of para-hydroxylation sites is 1. The Kier molecular flexibility index (Phi) is 7.98. The van der Waals surface area contributed by atoms with Crippen LogP contribution in [0.4, 0.5) is 0 Å². The molecule has 14 rings (SSSR count). The van der Waals surface area contributed by atoms with Gasteiger partial charge in [0.25, 0.3) is 0 Å². The quantitative estimate of drug-likeness (QED) is 0.188. The number of hydrogen-bond donors (Lipinski definition) is 1. The molecule has 11 aromatic carbocycles. The third-order valence-electron chi connectivity index (χ3n) is 13.6. The Morgan fingerprint density at radius 1 is 0.394 bits per heavy atom. The molecule has 0 amide bonds. The minimum atomic E-state index is -0.606. The molecule has 1 unspecified atom stereocenters. The van der Waals surface area contributed by atoms with Crippen LogP contribution in [-0.4, -0.2) is 16.2 Å². The number of benzene rings is 11. The van der Waals surface area contributed by atoms with Gasteiger partial charge in [-0.15, -0.1) is 0 Å². The summed E-state index contributed by atoms with van der Waals surface area (Å²) in [5.41, 5.74) is 10.2. The standard InChI is InChI=1S/C61H38N4O/c1-2-16-42-35-55-52(33-41(42)15-1)49-23-9-10-26-54(49)65(55)44-31-32-51-56(36-44)66-58-53(34-43-17-5-8-22-48(43)57(51)58)61-63-59(62-60(64-61)50-25-12-19-38-14-4-7-21-47(38)50)40-29-27-39(28-30-40)46-24-11-18-37-13-3-6-20-45(37)46/h1-36,61H,(H,62,63,64). The first-order valence-corrected chi connectivity index (χ1v) is 22.5. The first kappa shape index (κ1) is 36.7. The van der Waals surface area contributed by atoms with Gasteiger partial charge in [0, 0.05) is 50.0 Å². The maximum atomic E-state index is 7.16. The number of aliphatic imine (C=N–C) groups is 2. The van der Waals surface area contributed by atoms with Gasteiger partial charge in [0.1, 0.15) is 22.8 Å². The summed E-state index contributed by atoms with van der Waals surface area (Å²) < 4.78 is 9.53. The number of rotatable bonds is 5. The highest BCUT2D eigenvalue weighted by atomic mass is 16.3. The monoisotopic (exact) mass is 842 g/mol. The van der Waals surface area contributed by atoms with Gasteiger partial charge in [-0.25, -0.2) is 9.98 Å². The number of furan rings is 1. The van der Waals surface area contributed by atoms with Crippen molar-refractivity contribution >= 4 is 98.5 Å². The van der Waals surface area contributed by atoms with Gasteiger partial charge in [-0.3, -0.25) is 0 Å². The van der Waals surface area contributed by atoms with Crippen molar-refractivity contribution < 1.29 is 4.42 Å². The average molecular weight is 843 g/mol. The van der Waals surface area contributed by atoms with E-state index < -0.39 is 6.17 Å². The number of hydrogen-bond acceptors (Lipinski definition) is 4. The fraction of sp³-hybridized carbons (Fsp3) is 0.0164. The van der Waals surface area contributed by atoms with E-state index in [4.69, 9.17) is 14.4 Å². The van der Waals surface area contributed by atoms with Crippen molar-refractivity contribution in [1.82, 2.24) is 9.88 Å². The summed E-state index contributed by atoms with van der Waals surface area (Å²) in [5, 5.41) is 17.7. The summed E-state index contributed by atoms with van der Waals surface area (Å²) in [4.78, 5) is 10.9. The molecular weight excluding hydrogens is 805 g/mol. The zero-order chi connectivity index (χ0) is 43.3. The molecule has 1 aliphatic rings. The molecule has 13 aromatic rings. The lowest BCUT2D eigenvalue weighted by Crippen LogP contribution is -2.36. The van der Waals surface area contributed by atoms with Gasteiger partial charge in [-0.2, -0.15) is 0 Å². The van der Waals surface area contributed by atoms with Crippen LogP contribution in [0.2, 0.25) is 0 Å². The normalized spacial score (nSPS) is 14.2. The predicted octanol–water partition coefficient (Wildman–Crippen LogP) is 15.5. The van der Waals surface area contributed by atoms with Crippen LogP contribution in [-0.2, 0) is 0 Å². The lowest BCUT2D eigenvalue weighted by Gasteiger charge is -2.23. The Bertz CT molecular complexity index is 4200. The minimum absolute atomic E-state index is 0.606. The summed E-state index contributed by atoms with van der Waals surface area (Å²) >= 11 is 0. The van der Waals surface area contributed by atoms with E-state index in [0.717, 1.165) is 94.1 Å². The van der Waals surface area contributed by atoms with Crippen molar-refractivity contribution in [3.05, 3.63) is 235 Å². The Hall–Kier alpha value is -8.80. The van der Waals surface area contributed by atoms with E-state index in [1.54, 1.807) is 0 Å². The molecule has 308 valence electrons. The van der Waals surface area contributed by atoms with Crippen LogP contribution in [0.15, 0.2) is 233 Å². The fourth-order valence-electron chi connectivity index (χ4n) is 10.5. The maximum Gasteiger partial charge on any atom is 0.173 e. The van der Waals surface area contributed by atoms with E-state index in [9.17, 15) is 0 Å². The van der Waals surface area contributed by atoms with Gasteiger partial charge < -0.3 is 14.3 Å². The van der Waals surface area contributed by atoms with Gasteiger partial charge >= 0.3 is 0 Å². The zero-order valence-electron chi connectivity index (χ0n) is 35.6. The molecule has 1 aliphatic heterocycles.